The van der Waals surface area contributed by atoms with Crippen LogP contribution in [0.3, 0.4) is 0 Å². The van der Waals surface area contributed by atoms with Crippen LogP contribution in [-0.4, -0.2) is 13.1 Å². The van der Waals surface area contributed by atoms with Crippen LogP contribution < -0.4 is 15.9 Å². The molecule has 1 fully saturated rings. The van der Waals surface area contributed by atoms with E-state index in [9.17, 15) is 0 Å². The average molecular weight is 257 g/mol. The number of hydrogen-bond acceptors (Lipinski definition) is 1. The van der Waals surface area contributed by atoms with Crippen molar-refractivity contribution in [2.24, 2.45) is 0 Å². The fraction of sp³-hybridized carbons (Fsp3) is 0.250. The van der Waals surface area contributed by atoms with E-state index in [-0.39, 0.29) is 0 Å². The first kappa shape index (κ1) is 13.3. The molecule has 0 atom stereocenters. The summed E-state index contributed by atoms with van der Waals surface area (Å²) in [5.74, 6) is 0. The van der Waals surface area contributed by atoms with Gasteiger partial charge in [0.15, 0.2) is 0 Å². The van der Waals surface area contributed by atoms with Crippen LogP contribution in [0, 0.1) is 0 Å². The Morgan fingerprint density at radius 1 is 0.667 bits per heavy atom. The van der Waals surface area contributed by atoms with Gasteiger partial charge in [-0.2, -0.15) is 0 Å². The minimum absolute atomic E-state index is 0.777. The molecule has 0 amide bonds. The summed E-state index contributed by atoms with van der Waals surface area (Å²) in [4.78, 5) is 0. The number of rotatable bonds is 2. The topological polar surface area (TPSA) is 12.0 Å². The number of hydrogen-bond donors (Lipinski definition) is 1. The zero-order valence-corrected chi connectivity index (χ0v) is 11.6. The van der Waals surface area contributed by atoms with Gasteiger partial charge in [-0.15, -0.1) is 0 Å². The van der Waals surface area contributed by atoms with Gasteiger partial charge < -0.3 is 5.32 Å². The molecule has 1 N–H and O–H groups in total. The molecule has 2 aromatic carbocycles. The molecule has 18 heavy (non-hydrogen) atoms. The molecule has 0 spiro atoms. The van der Waals surface area contributed by atoms with Gasteiger partial charge in [-0.25, -0.2) is 0 Å². The average Bonchev–Trinajstić information content (AvgIpc) is 3.00. The van der Waals surface area contributed by atoms with Gasteiger partial charge in [0.1, 0.15) is 0 Å². The molecule has 1 heterocycles. The molecule has 1 aliphatic rings. The monoisotopic (exact) mass is 257 g/mol. The van der Waals surface area contributed by atoms with Crippen molar-refractivity contribution in [3.8, 4) is 0 Å². The molecular weight excluding hydrogens is 237 g/mol. The van der Waals surface area contributed by atoms with Gasteiger partial charge in [0, 0.05) is 0 Å². The van der Waals surface area contributed by atoms with E-state index < -0.39 is 0 Å². The first-order chi connectivity index (χ1) is 8.95. The second-order valence-corrected chi connectivity index (χ2v) is 5.72. The van der Waals surface area contributed by atoms with Crippen molar-refractivity contribution < 1.29 is 0 Å². The minimum atomic E-state index is 0.777. The van der Waals surface area contributed by atoms with Crippen LogP contribution in [-0.2, 0) is 0 Å². The summed E-state index contributed by atoms with van der Waals surface area (Å²) in [6, 6.07) is 21.2. The molecule has 3 rings (SSSR count). The van der Waals surface area contributed by atoms with Gasteiger partial charge in [0.25, 0.3) is 0 Å². The molecule has 2 heteroatoms. The summed E-state index contributed by atoms with van der Waals surface area (Å²) in [7, 11) is 0.777. The van der Waals surface area contributed by atoms with Crippen molar-refractivity contribution in [1.82, 2.24) is 5.32 Å². The SMILES string of the molecule is C1CCNC1.c1ccc(Pc2ccccc2)cc1. The molecule has 1 nitrogen and oxygen atoms in total. The lowest BCUT2D eigenvalue weighted by atomic mass is 10.4. The second kappa shape index (κ2) is 8.02. The van der Waals surface area contributed by atoms with E-state index in [2.05, 4.69) is 66.0 Å². The molecule has 0 radical (unpaired) electrons. The van der Waals surface area contributed by atoms with Crippen molar-refractivity contribution in [1.29, 1.82) is 0 Å². The lowest BCUT2D eigenvalue weighted by molar-refractivity contribution is 0.857. The standard InChI is InChI=1S/C12H11P.C4H9N/c1-3-7-11(8-4-1)13-12-9-5-2-6-10-12;1-2-4-5-3-1/h1-10,13H;5H,1-4H2. The maximum Gasteiger partial charge on any atom is -0.00484 e. The summed E-state index contributed by atoms with van der Waals surface area (Å²) in [5, 5.41) is 6.02. The van der Waals surface area contributed by atoms with Gasteiger partial charge >= 0.3 is 0 Å². The third-order valence-electron chi connectivity index (χ3n) is 2.79. The molecule has 0 saturated carbocycles. The van der Waals surface area contributed by atoms with E-state index in [0.717, 1.165) is 8.58 Å². The lowest BCUT2D eigenvalue weighted by Gasteiger charge is -2.00. The van der Waals surface area contributed by atoms with Gasteiger partial charge in [0.2, 0.25) is 0 Å². The van der Waals surface area contributed by atoms with Crippen LogP contribution in [0.5, 0.6) is 0 Å². The van der Waals surface area contributed by atoms with Crippen molar-refractivity contribution in [3.63, 3.8) is 0 Å². The first-order valence-electron chi connectivity index (χ1n) is 6.53. The lowest BCUT2D eigenvalue weighted by Crippen LogP contribution is -2.03. The predicted molar refractivity (Wildman–Crippen MR) is 82.6 cm³/mol. The molecule has 0 aliphatic carbocycles. The summed E-state index contributed by atoms with van der Waals surface area (Å²) >= 11 is 0. The van der Waals surface area contributed by atoms with E-state index in [0.29, 0.717) is 0 Å². The molecule has 94 valence electrons. The predicted octanol–water partition coefficient (Wildman–Crippen LogP) is 2.69. The summed E-state index contributed by atoms with van der Waals surface area (Å²) in [6.07, 6.45) is 2.78. The minimum Gasteiger partial charge on any atom is -0.317 e. The van der Waals surface area contributed by atoms with Crippen molar-refractivity contribution in [3.05, 3.63) is 60.7 Å². The van der Waals surface area contributed by atoms with E-state index in [1.165, 1.54) is 36.5 Å². The zero-order valence-electron chi connectivity index (χ0n) is 10.6. The molecule has 0 aromatic heterocycles. The normalized spacial score (nSPS) is 13.8. The Labute approximate surface area is 111 Å². The van der Waals surface area contributed by atoms with Crippen LogP contribution in [0.4, 0.5) is 0 Å². The molecular formula is C16H20NP. The third kappa shape index (κ3) is 5.00. The van der Waals surface area contributed by atoms with Gasteiger partial charge in [-0.05, 0) is 36.5 Å². The maximum atomic E-state index is 3.22. The highest BCUT2D eigenvalue weighted by Crippen LogP contribution is 2.08. The second-order valence-electron chi connectivity index (χ2n) is 4.31. The highest BCUT2D eigenvalue weighted by atomic mass is 31.1. The summed E-state index contributed by atoms with van der Waals surface area (Å²) < 4.78 is 0. The van der Waals surface area contributed by atoms with Crippen LogP contribution in [0.1, 0.15) is 12.8 Å². The molecule has 0 bridgehead atoms. The Morgan fingerprint density at radius 3 is 1.44 bits per heavy atom. The Kier molecular flexibility index (Phi) is 5.91. The van der Waals surface area contributed by atoms with Crippen molar-refractivity contribution in [2.45, 2.75) is 12.8 Å². The molecule has 1 saturated heterocycles. The quantitative estimate of drug-likeness (QED) is 0.816. The Balaban J connectivity index is 0.000000202. The van der Waals surface area contributed by atoms with Gasteiger partial charge in [0.05, 0.1) is 0 Å². The fourth-order valence-electron chi connectivity index (χ4n) is 1.83. The molecule has 1 aliphatic heterocycles. The maximum absolute atomic E-state index is 3.22. The number of benzene rings is 2. The van der Waals surface area contributed by atoms with E-state index in [4.69, 9.17) is 0 Å². The largest absolute Gasteiger partial charge is 0.317 e. The van der Waals surface area contributed by atoms with Crippen LogP contribution in [0.2, 0.25) is 0 Å². The van der Waals surface area contributed by atoms with Crippen molar-refractivity contribution in [2.75, 3.05) is 13.1 Å². The first-order valence-corrected chi connectivity index (χ1v) is 7.53. The summed E-state index contributed by atoms with van der Waals surface area (Å²) in [6.45, 7) is 2.50. The Hall–Kier alpha value is -1.17. The highest BCUT2D eigenvalue weighted by molar-refractivity contribution is 7.55. The van der Waals surface area contributed by atoms with Crippen LogP contribution >= 0.6 is 8.58 Å². The van der Waals surface area contributed by atoms with E-state index in [1.54, 1.807) is 0 Å². The molecule has 2 aromatic rings. The smallest absolute Gasteiger partial charge is 0.00484 e. The van der Waals surface area contributed by atoms with Crippen LogP contribution in [0.25, 0.3) is 0 Å². The number of nitrogens with one attached hydrogen (secondary N) is 1. The Morgan fingerprint density at radius 2 is 1.11 bits per heavy atom. The Bertz CT molecular complexity index is 378. The van der Waals surface area contributed by atoms with E-state index >= 15 is 0 Å². The fourth-order valence-corrected chi connectivity index (χ4v) is 2.89. The third-order valence-corrected chi connectivity index (χ3v) is 4.04. The zero-order chi connectivity index (χ0) is 12.5. The van der Waals surface area contributed by atoms with Gasteiger partial charge in [-0.1, -0.05) is 69.2 Å². The van der Waals surface area contributed by atoms with Crippen LogP contribution in [0.15, 0.2) is 60.7 Å². The van der Waals surface area contributed by atoms with Gasteiger partial charge in [-0.3, -0.25) is 0 Å². The van der Waals surface area contributed by atoms with Crippen molar-refractivity contribution >= 4 is 19.2 Å². The molecule has 0 unspecified atom stereocenters. The van der Waals surface area contributed by atoms with E-state index in [1.807, 2.05) is 0 Å². The summed E-state index contributed by atoms with van der Waals surface area (Å²) in [5.41, 5.74) is 0. The highest BCUT2D eigenvalue weighted by Gasteiger charge is 1.93.